The zero-order valence-corrected chi connectivity index (χ0v) is 17.2. The maximum atomic E-state index is 5.57. The van der Waals surface area contributed by atoms with Gasteiger partial charge in [0.1, 0.15) is 11.5 Å². The number of hydrogen-bond donors (Lipinski definition) is 2. The van der Waals surface area contributed by atoms with E-state index in [4.69, 9.17) is 14.5 Å². The van der Waals surface area contributed by atoms with Gasteiger partial charge in [0.25, 0.3) is 0 Å². The van der Waals surface area contributed by atoms with Gasteiger partial charge in [0.05, 0.1) is 19.7 Å². The summed E-state index contributed by atoms with van der Waals surface area (Å²) in [6.45, 7) is 5.26. The zero-order chi connectivity index (χ0) is 20.1. The Kier molecular flexibility index (Phi) is 4.32. The van der Waals surface area contributed by atoms with Crippen molar-refractivity contribution < 1.29 is 9.47 Å². The van der Waals surface area contributed by atoms with E-state index in [2.05, 4.69) is 47.7 Å². The van der Waals surface area contributed by atoms with Crippen molar-refractivity contribution in [3.63, 3.8) is 0 Å². The first kappa shape index (κ1) is 18.2. The van der Waals surface area contributed by atoms with Crippen molar-refractivity contribution in [2.45, 2.75) is 32.4 Å². The number of benzene rings is 2. The van der Waals surface area contributed by atoms with Crippen molar-refractivity contribution >= 4 is 16.9 Å². The van der Waals surface area contributed by atoms with Gasteiger partial charge in [-0.3, -0.25) is 0 Å². The van der Waals surface area contributed by atoms with Crippen LogP contribution in [0.5, 0.6) is 11.5 Å². The number of methoxy groups -OCH3 is 2. The number of anilines is 1. The van der Waals surface area contributed by atoms with Crippen LogP contribution in [-0.2, 0) is 0 Å². The molecule has 2 N–H and O–H groups in total. The van der Waals surface area contributed by atoms with Gasteiger partial charge in [-0.2, -0.15) is 0 Å². The maximum absolute atomic E-state index is 5.57. The molecule has 6 heteroatoms. The molecule has 2 aromatic carbocycles. The molecule has 1 unspecified atom stereocenters. The summed E-state index contributed by atoms with van der Waals surface area (Å²) >= 11 is 0. The molecule has 2 aliphatic heterocycles. The van der Waals surface area contributed by atoms with Gasteiger partial charge in [0.15, 0.2) is 0 Å². The van der Waals surface area contributed by atoms with Crippen molar-refractivity contribution in [2.24, 2.45) is 5.92 Å². The molecule has 1 saturated carbocycles. The van der Waals surface area contributed by atoms with Crippen molar-refractivity contribution in [3.8, 4) is 22.6 Å². The van der Waals surface area contributed by atoms with Gasteiger partial charge in [-0.15, -0.1) is 0 Å². The number of ether oxygens (including phenoxy) is 2. The molecular weight excluding hydrogens is 364 g/mol. The average molecular weight is 390 g/mol. The Morgan fingerprint density at radius 2 is 1.83 bits per heavy atom. The largest absolute Gasteiger partial charge is 0.496 e. The summed E-state index contributed by atoms with van der Waals surface area (Å²) in [6.07, 6.45) is 3.17. The van der Waals surface area contributed by atoms with Crippen molar-refractivity contribution in [3.05, 3.63) is 41.6 Å². The maximum Gasteiger partial charge on any atom is 0.223 e. The Morgan fingerprint density at radius 1 is 1.07 bits per heavy atom. The van der Waals surface area contributed by atoms with E-state index in [0.29, 0.717) is 23.9 Å². The molecule has 0 radical (unpaired) electrons. The SMILES string of the molecule is COc1cc(OC)c(C)c(-c2ccc3nc(N[C@@H]4C5CN[C@H]4C5)ncc3c2)c1C. The summed E-state index contributed by atoms with van der Waals surface area (Å²) < 4.78 is 11.1. The quantitative estimate of drug-likeness (QED) is 0.692. The van der Waals surface area contributed by atoms with Crippen molar-refractivity contribution in [1.82, 2.24) is 15.3 Å². The number of hydrogen-bond acceptors (Lipinski definition) is 6. The Morgan fingerprint density at radius 3 is 2.45 bits per heavy atom. The molecule has 2 bridgehead atoms. The number of nitrogens with zero attached hydrogens (tertiary/aromatic N) is 2. The monoisotopic (exact) mass is 390 g/mol. The van der Waals surface area contributed by atoms with Crippen LogP contribution in [-0.4, -0.2) is 42.8 Å². The Bertz CT molecular complexity index is 1060. The van der Waals surface area contributed by atoms with Gasteiger partial charge in [-0.25, -0.2) is 9.97 Å². The molecule has 150 valence electrons. The topological polar surface area (TPSA) is 68.3 Å². The lowest BCUT2D eigenvalue weighted by atomic mass is 9.80. The van der Waals surface area contributed by atoms with Gasteiger partial charge >= 0.3 is 0 Å². The molecule has 3 aliphatic rings. The lowest BCUT2D eigenvalue weighted by Crippen LogP contribution is -2.47. The predicted molar refractivity (Wildman–Crippen MR) is 115 cm³/mol. The van der Waals surface area contributed by atoms with E-state index in [9.17, 15) is 0 Å². The smallest absolute Gasteiger partial charge is 0.223 e. The Labute approximate surface area is 170 Å². The fourth-order valence-corrected chi connectivity index (χ4v) is 4.82. The molecule has 29 heavy (non-hydrogen) atoms. The molecule has 3 aromatic rings. The van der Waals surface area contributed by atoms with Crippen LogP contribution >= 0.6 is 0 Å². The van der Waals surface area contributed by atoms with E-state index in [1.54, 1.807) is 14.2 Å². The molecule has 0 spiro atoms. The fraction of sp³-hybridized carbons (Fsp3) is 0.391. The summed E-state index contributed by atoms with van der Waals surface area (Å²) in [5, 5.41) is 8.04. The molecule has 3 fully saturated rings. The molecule has 6 nitrogen and oxygen atoms in total. The van der Waals surface area contributed by atoms with Crippen LogP contribution < -0.4 is 20.1 Å². The number of rotatable bonds is 5. The Hall–Kier alpha value is -2.86. The van der Waals surface area contributed by atoms with Gasteiger partial charge in [0.2, 0.25) is 5.95 Å². The fourth-order valence-electron chi connectivity index (χ4n) is 4.82. The van der Waals surface area contributed by atoms with Gasteiger partial charge in [0, 0.05) is 36.3 Å². The van der Waals surface area contributed by atoms with E-state index in [-0.39, 0.29) is 0 Å². The van der Waals surface area contributed by atoms with E-state index in [1.807, 2.05) is 12.3 Å². The molecule has 1 aliphatic carbocycles. The minimum absolute atomic E-state index is 0.460. The number of aromatic nitrogens is 2. The van der Waals surface area contributed by atoms with Crippen LogP contribution in [0.15, 0.2) is 30.5 Å². The summed E-state index contributed by atoms with van der Waals surface area (Å²) in [7, 11) is 3.38. The minimum Gasteiger partial charge on any atom is -0.496 e. The summed E-state index contributed by atoms with van der Waals surface area (Å²) in [5.74, 6) is 3.06. The van der Waals surface area contributed by atoms with E-state index in [1.165, 1.54) is 6.42 Å². The van der Waals surface area contributed by atoms with Crippen LogP contribution in [0.3, 0.4) is 0 Å². The third-order valence-electron chi connectivity index (χ3n) is 6.50. The lowest BCUT2D eigenvalue weighted by Gasteiger charge is -2.34. The summed E-state index contributed by atoms with van der Waals surface area (Å²) in [6, 6.07) is 9.29. The Balaban J connectivity index is 1.51. The second-order valence-corrected chi connectivity index (χ2v) is 8.05. The molecule has 3 heterocycles. The minimum atomic E-state index is 0.460. The first-order valence-corrected chi connectivity index (χ1v) is 10.1. The standard InChI is InChI=1S/C23H26N4O2/c1-12-19(28-3)9-20(29-4)13(2)21(12)14-5-6-17-15(7-14)10-25-23(26-17)27-22-16-8-18(22)24-11-16/h5-7,9-10,16,18,22,24H,8,11H2,1-4H3,(H,25,26,27)/t16?,18-,22+/m0/s1. The summed E-state index contributed by atoms with van der Waals surface area (Å²) in [5.41, 5.74) is 5.36. The third-order valence-corrected chi connectivity index (χ3v) is 6.50. The highest BCUT2D eigenvalue weighted by Gasteiger charge is 2.46. The van der Waals surface area contributed by atoms with Gasteiger partial charge in [-0.05, 0) is 60.6 Å². The first-order chi connectivity index (χ1) is 14.1. The van der Waals surface area contributed by atoms with E-state index in [0.717, 1.165) is 51.2 Å². The van der Waals surface area contributed by atoms with Crippen molar-refractivity contribution in [2.75, 3.05) is 26.1 Å². The van der Waals surface area contributed by atoms with Gasteiger partial charge in [-0.1, -0.05) is 6.07 Å². The highest BCUT2D eigenvalue weighted by Crippen LogP contribution is 2.40. The highest BCUT2D eigenvalue weighted by molar-refractivity contribution is 5.87. The van der Waals surface area contributed by atoms with E-state index < -0.39 is 0 Å². The van der Waals surface area contributed by atoms with Crippen molar-refractivity contribution in [1.29, 1.82) is 0 Å². The van der Waals surface area contributed by atoms with E-state index >= 15 is 0 Å². The second-order valence-electron chi connectivity index (χ2n) is 8.05. The predicted octanol–water partition coefficient (Wildman–Crippen LogP) is 3.70. The van der Waals surface area contributed by atoms with Crippen LogP contribution in [0.2, 0.25) is 0 Å². The summed E-state index contributed by atoms with van der Waals surface area (Å²) in [4.78, 5) is 9.31. The molecule has 6 rings (SSSR count). The average Bonchev–Trinajstić information content (AvgIpc) is 3.37. The normalized spacial score (nSPS) is 22.4. The molecule has 0 amide bonds. The number of fused-ring (bicyclic) bond motifs is 2. The highest BCUT2D eigenvalue weighted by atomic mass is 16.5. The number of nitrogens with one attached hydrogen (secondary N) is 2. The zero-order valence-electron chi connectivity index (χ0n) is 17.2. The third kappa shape index (κ3) is 2.90. The molecule has 3 atom stereocenters. The van der Waals surface area contributed by atoms with Gasteiger partial charge < -0.3 is 20.1 Å². The molecule has 1 aromatic heterocycles. The molecule has 2 saturated heterocycles. The second kappa shape index (κ2) is 6.88. The molecular formula is C23H26N4O2. The first-order valence-electron chi connectivity index (χ1n) is 10.1. The van der Waals surface area contributed by atoms with Crippen LogP contribution in [0.1, 0.15) is 17.5 Å². The van der Waals surface area contributed by atoms with Crippen LogP contribution in [0.4, 0.5) is 5.95 Å². The van der Waals surface area contributed by atoms with Crippen LogP contribution in [0.25, 0.3) is 22.0 Å². The lowest BCUT2D eigenvalue weighted by molar-refractivity contribution is 0.325. The van der Waals surface area contributed by atoms with Crippen LogP contribution in [0, 0.1) is 19.8 Å².